The molecular weight excluding hydrogens is 1060 g/mol. The van der Waals surface area contributed by atoms with Gasteiger partial charge in [0.1, 0.15) is 13.2 Å². The van der Waals surface area contributed by atoms with Crippen LogP contribution in [0.2, 0.25) is 0 Å². The van der Waals surface area contributed by atoms with Crippen LogP contribution in [0.25, 0.3) is 0 Å². The van der Waals surface area contributed by atoms with E-state index in [4.69, 9.17) is 79.1 Å². The third kappa shape index (κ3) is 15.1. The standard InChI is InChI=1S/C42H20F10O8.2CHCl3/c1-57-39(53)21-9-3-19(4-10-21)7-13-23-15-26(42(56)60-18-28-31(45)35(49)38(52)36(50)32(28)46)24(14-8-20-5-11-22(12-6-20)40(54)58-2)16-25(23)41(55)59-17-27-29(43)33(47)37(51)34(48)30(27)44;2*2-1(3)4/h3-6,9-12,15-16H,17-18H2,1-2H3;2*1H. The Hall–Kier alpha value is -5.86. The second kappa shape index (κ2) is 26.0. The normalized spacial score (nSPS) is 10.3. The molecule has 0 amide bonds. The van der Waals surface area contributed by atoms with Crippen LogP contribution in [0.15, 0.2) is 60.7 Å². The van der Waals surface area contributed by atoms with Crippen molar-refractivity contribution in [3.63, 3.8) is 0 Å². The van der Waals surface area contributed by atoms with Gasteiger partial charge in [-0.25, -0.2) is 63.1 Å². The van der Waals surface area contributed by atoms with Crippen LogP contribution in [0, 0.1) is 81.9 Å². The van der Waals surface area contributed by atoms with Gasteiger partial charge in [0.05, 0.1) is 47.6 Å². The van der Waals surface area contributed by atoms with Crippen LogP contribution in [0.1, 0.15) is 74.8 Å². The molecule has 5 aromatic rings. The molecule has 5 rings (SSSR count). The zero-order valence-electron chi connectivity index (χ0n) is 33.7. The predicted octanol–water partition coefficient (Wildman–Crippen LogP) is 12.1. The summed E-state index contributed by atoms with van der Waals surface area (Å²) in [6.07, 6.45) is 0. The van der Waals surface area contributed by atoms with Crippen molar-refractivity contribution in [1.29, 1.82) is 0 Å². The molecule has 0 aliphatic rings. The SMILES string of the molecule is COC(=O)c1ccc(C#Cc2cc(C(=O)OCc3c(F)c(F)c(F)c(F)c3F)c(C#Cc3ccc(C(=O)OC)cc3)cc2C(=O)OCc2c(F)c(F)c(F)c(F)c2F)cc1.ClC(Cl)Cl.ClC(Cl)Cl. The van der Waals surface area contributed by atoms with Crippen LogP contribution in [0.4, 0.5) is 43.9 Å². The molecular formula is C44H22Cl6F10O8. The number of rotatable bonds is 8. The van der Waals surface area contributed by atoms with E-state index in [9.17, 15) is 63.1 Å². The van der Waals surface area contributed by atoms with Crippen LogP contribution >= 0.6 is 69.6 Å². The van der Waals surface area contributed by atoms with Gasteiger partial charge in [0.25, 0.3) is 0 Å². The highest BCUT2D eigenvalue weighted by atomic mass is 35.6. The first-order valence-electron chi connectivity index (χ1n) is 17.7. The van der Waals surface area contributed by atoms with E-state index in [1.807, 2.05) is 0 Å². The summed E-state index contributed by atoms with van der Waals surface area (Å²) in [7, 11) is 2.26. The summed E-state index contributed by atoms with van der Waals surface area (Å²) in [4.78, 5) is 50.8. The number of carbonyl (C=O) groups is 4. The summed E-state index contributed by atoms with van der Waals surface area (Å²) in [6, 6.07) is 12.1. The maximum atomic E-state index is 14.4. The minimum absolute atomic E-state index is 0.0992. The quantitative estimate of drug-likeness (QED) is 0.0288. The Morgan fingerprint density at radius 3 is 0.926 bits per heavy atom. The fourth-order valence-electron chi connectivity index (χ4n) is 5.02. The maximum absolute atomic E-state index is 14.4. The van der Waals surface area contributed by atoms with Gasteiger partial charge < -0.3 is 18.9 Å². The number of carbonyl (C=O) groups excluding carboxylic acids is 4. The average Bonchev–Trinajstić information content (AvgIpc) is 3.31. The fourth-order valence-corrected chi connectivity index (χ4v) is 5.02. The molecule has 0 spiro atoms. The van der Waals surface area contributed by atoms with Gasteiger partial charge in [-0.3, -0.25) is 0 Å². The third-order valence-corrected chi connectivity index (χ3v) is 8.19. The predicted molar refractivity (Wildman–Crippen MR) is 227 cm³/mol. The maximum Gasteiger partial charge on any atom is 0.339 e. The van der Waals surface area contributed by atoms with Gasteiger partial charge in [0, 0.05) is 22.3 Å². The lowest BCUT2D eigenvalue weighted by molar-refractivity contribution is 0.0447. The second-order valence-corrected chi connectivity index (χ2v) is 16.3. The largest absolute Gasteiger partial charge is 0.465 e. The van der Waals surface area contributed by atoms with Crippen molar-refractivity contribution in [3.05, 3.63) is 174 Å². The van der Waals surface area contributed by atoms with E-state index in [1.54, 1.807) is 0 Å². The van der Waals surface area contributed by atoms with Crippen LogP contribution in [-0.4, -0.2) is 46.7 Å². The zero-order chi connectivity index (χ0) is 51.2. The van der Waals surface area contributed by atoms with Crippen molar-refractivity contribution < 1.29 is 82.0 Å². The summed E-state index contributed by atoms with van der Waals surface area (Å²) >= 11 is 28.8. The molecule has 0 atom stereocenters. The molecule has 0 saturated carbocycles. The van der Waals surface area contributed by atoms with Crippen molar-refractivity contribution in [2.24, 2.45) is 0 Å². The van der Waals surface area contributed by atoms with E-state index >= 15 is 0 Å². The number of alkyl halides is 6. The van der Waals surface area contributed by atoms with E-state index in [0.29, 0.717) is 0 Å². The number of hydrogen-bond donors (Lipinski definition) is 0. The number of benzene rings is 5. The van der Waals surface area contributed by atoms with Crippen LogP contribution in [0.5, 0.6) is 0 Å². The van der Waals surface area contributed by atoms with E-state index in [0.717, 1.165) is 26.4 Å². The Labute approximate surface area is 407 Å². The Kier molecular flexibility index (Phi) is 21.6. The lowest BCUT2D eigenvalue weighted by Gasteiger charge is -2.13. The van der Waals surface area contributed by atoms with Gasteiger partial charge in [-0.15, -0.1) is 0 Å². The van der Waals surface area contributed by atoms with E-state index in [-0.39, 0.29) is 22.3 Å². The van der Waals surface area contributed by atoms with Crippen LogP contribution in [0.3, 0.4) is 0 Å². The Morgan fingerprint density at radius 1 is 0.426 bits per heavy atom. The average molecular weight is 1080 g/mol. The molecule has 5 aromatic carbocycles. The van der Waals surface area contributed by atoms with Gasteiger partial charge in [-0.2, -0.15) is 0 Å². The summed E-state index contributed by atoms with van der Waals surface area (Å²) in [6.45, 7) is -3.07. The molecule has 0 heterocycles. The van der Waals surface area contributed by atoms with Gasteiger partial charge in [0.15, 0.2) is 55.1 Å². The van der Waals surface area contributed by atoms with E-state index in [1.165, 1.54) is 48.5 Å². The smallest absolute Gasteiger partial charge is 0.339 e. The highest BCUT2D eigenvalue weighted by Gasteiger charge is 2.29. The Balaban J connectivity index is 0.00000142. The van der Waals surface area contributed by atoms with Gasteiger partial charge in [-0.05, 0) is 60.7 Å². The van der Waals surface area contributed by atoms with Crippen molar-refractivity contribution in [2.75, 3.05) is 14.2 Å². The molecule has 0 aromatic heterocycles. The molecule has 0 saturated heterocycles. The first-order valence-corrected chi connectivity index (χ1v) is 20.3. The Morgan fingerprint density at radius 2 is 0.676 bits per heavy atom. The molecule has 8 nitrogen and oxygen atoms in total. The highest BCUT2D eigenvalue weighted by Crippen LogP contribution is 2.27. The molecule has 24 heteroatoms. The summed E-state index contributed by atoms with van der Waals surface area (Å²) in [5.74, 6) is -17.9. The van der Waals surface area contributed by atoms with Crippen molar-refractivity contribution in [1.82, 2.24) is 0 Å². The van der Waals surface area contributed by atoms with Crippen molar-refractivity contribution in [3.8, 4) is 23.7 Å². The summed E-state index contributed by atoms with van der Waals surface area (Å²) < 4.78 is 158. The summed E-state index contributed by atoms with van der Waals surface area (Å²) in [5.41, 5.74) is -4.90. The van der Waals surface area contributed by atoms with Crippen LogP contribution < -0.4 is 0 Å². The molecule has 68 heavy (non-hydrogen) atoms. The van der Waals surface area contributed by atoms with Gasteiger partial charge in [-0.1, -0.05) is 93.3 Å². The highest BCUT2D eigenvalue weighted by molar-refractivity contribution is 6.63. The molecule has 0 N–H and O–H groups in total. The molecule has 0 radical (unpaired) electrons. The minimum Gasteiger partial charge on any atom is -0.465 e. The van der Waals surface area contributed by atoms with E-state index < -0.39 is 137 Å². The van der Waals surface area contributed by atoms with Gasteiger partial charge in [0.2, 0.25) is 11.6 Å². The number of ether oxygens (including phenoxy) is 4. The zero-order valence-corrected chi connectivity index (χ0v) is 38.2. The minimum atomic E-state index is -2.48. The number of methoxy groups -OCH3 is 2. The molecule has 0 aliphatic carbocycles. The van der Waals surface area contributed by atoms with Gasteiger partial charge >= 0.3 is 23.9 Å². The first kappa shape index (κ1) is 56.5. The monoisotopic (exact) mass is 1080 g/mol. The fraction of sp³-hybridized carbons (Fsp3) is 0.136. The lowest BCUT2D eigenvalue weighted by Crippen LogP contribution is -2.15. The Bertz CT molecular complexity index is 2590. The lowest BCUT2D eigenvalue weighted by atomic mass is 9.97. The molecule has 358 valence electrons. The number of halogens is 16. The van der Waals surface area contributed by atoms with Crippen molar-refractivity contribution in [2.45, 2.75) is 21.8 Å². The van der Waals surface area contributed by atoms with Crippen molar-refractivity contribution >= 4 is 93.5 Å². The number of hydrogen-bond acceptors (Lipinski definition) is 8. The second-order valence-electron chi connectivity index (χ2n) is 12.3. The number of esters is 4. The molecule has 0 aliphatic heterocycles. The molecule has 0 unspecified atom stereocenters. The first-order chi connectivity index (χ1) is 31.9. The molecule has 0 fully saturated rings. The van der Waals surface area contributed by atoms with E-state index in [2.05, 4.69) is 33.2 Å². The molecule has 0 bridgehead atoms. The summed E-state index contributed by atoms with van der Waals surface area (Å²) in [5, 5.41) is 0. The third-order valence-electron chi connectivity index (χ3n) is 8.19. The topological polar surface area (TPSA) is 105 Å². The van der Waals surface area contributed by atoms with Crippen LogP contribution in [-0.2, 0) is 32.2 Å².